The quantitative estimate of drug-likeness (QED) is 0.257. The highest BCUT2D eigenvalue weighted by atomic mass is 19.1. The highest BCUT2D eigenvalue weighted by Gasteiger charge is 2.40. The fraction of sp³-hybridized carbons (Fsp3) is 0.0417. The van der Waals surface area contributed by atoms with Gasteiger partial charge in [0.1, 0.15) is 5.54 Å². The first-order valence-corrected chi connectivity index (χ1v) is 9.36. The zero-order valence-corrected chi connectivity index (χ0v) is 15.9. The molecule has 4 rings (SSSR count). The molecule has 0 saturated carbocycles. The monoisotopic (exact) mass is 399 g/mol. The summed E-state index contributed by atoms with van der Waals surface area (Å²) in [5, 5.41) is 10.7. The second kappa shape index (κ2) is 8.13. The maximum atomic E-state index is 15.3. The fourth-order valence-electron chi connectivity index (χ4n) is 3.78. The molecule has 0 aliphatic heterocycles. The van der Waals surface area contributed by atoms with Crippen molar-refractivity contribution in [3.63, 3.8) is 0 Å². The summed E-state index contributed by atoms with van der Waals surface area (Å²) >= 11 is 0. The van der Waals surface area contributed by atoms with Crippen molar-refractivity contribution in [2.75, 3.05) is 0 Å². The van der Waals surface area contributed by atoms with Crippen molar-refractivity contribution >= 4 is 6.08 Å². The van der Waals surface area contributed by atoms with Crippen molar-refractivity contribution in [1.82, 2.24) is 9.55 Å². The molecule has 0 saturated heterocycles. The van der Waals surface area contributed by atoms with Gasteiger partial charge in [0.05, 0.1) is 10.6 Å². The molecule has 4 aromatic rings. The molecule has 0 aliphatic rings. The first kappa shape index (κ1) is 19.3. The predicted molar refractivity (Wildman–Crippen MR) is 113 cm³/mol. The standard InChI is InChI=1S/C24H18FN3O2/c25-23-26-22(16-17-28(29)30)18-27(23)24(19-10-4-1-5-11-19,20-12-6-2-7-13-20)21-14-8-3-9-15-21/h1-18H. The molecular formula is C24H18FN3O2. The van der Waals surface area contributed by atoms with Crippen LogP contribution in [0.3, 0.4) is 0 Å². The Labute approximate surface area is 172 Å². The van der Waals surface area contributed by atoms with E-state index < -0.39 is 16.5 Å². The van der Waals surface area contributed by atoms with Gasteiger partial charge in [-0.05, 0) is 16.7 Å². The number of nitrogens with zero attached hydrogens (tertiary/aromatic N) is 3. The van der Waals surface area contributed by atoms with E-state index in [0.29, 0.717) is 0 Å². The van der Waals surface area contributed by atoms with Gasteiger partial charge in [0, 0.05) is 12.3 Å². The molecule has 0 amide bonds. The summed E-state index contributed by atoms with van der Waals surface area (Å²) in [6.07, 6.45) is 2.70. The van der Waals surface area contributed by atoms with E-state index in [1.54, 1.807) is 0 Å². The normalized spacial score (nSPS) is 11.6. The fourth-order valence-corrected chi connectivity index (χ4v) is 3.78. The van der Waals surface area contributed by atoms with Gasteiger partial charge in [0.2, 0.25) is 6.20 Å². The summed E-state index contributed by atoms with van der Waals surface area (Å²) in [4.78, 5) is 14.0. The van der Waals surface area contributed by atoms with Crippen molar-refractivity contribution in [2.24, 2.45) is 0 Å². The van der Waals surface area contributed by atoms with Crippen LogP contribution in [0.15, 0.2) is 103 Å². The molecule has 0 N–H and O–H groups in total. The van der Waals surface area contributed by atoms with Crippen LogP contribution in [0, 0.1) is 16.2 Å². The molecule has 0 bridgehead atoms. The van der Waals surface area contributed by atoms with Gasteiger partial charge in [-0.1, -0.05) is 91.0 Å². The second-order valence-corrected chi connectivity index (χ2v) is 6.71. The lowest BCUT2D eigenvalue weighted by atomic mass is 9.76. The minimum Gasteiger partial charge on any atom is -0.288 e. The summed E-state index contributed by atoms with van der Waals surface area (Å²) < 4.78 is 16.8. The van der Waals surface area contributed by atoms with Crippen LogP contribution in [-0.2, 0) is 5.54 Å². The Morgan fingerprint density at radius 2 is 1.27 bits per heavy atom. The Kier molecular flexibility index (Phi) is 5.22. The number of nitro groups is 1. The molecule has 148 valence electrons. The molecule has 0 fully saturated rings. The molecule has 6 heteroatoms. The maximum absolute atomic E-state index is 15.3. The SMILES string of the molecule is O=[N+]([O-])C=Cc1cn(C(c2ccccc2)(c2ccccc2)c2ccccc2)c(F)n1. The molecule has 0 radical (unpaired) electrons. The number of hydrogen-bond acceptors (Lipinski definition) is 3. The summed E-state index contributed by atoms with van der Waals surface area (Å²) in [5.41, 5.74) is 1.62. The molecule has 0 unspecified atom stereocenters. The predicted octanol–water partition coefficient (Wildman–Crippen LogP) is 5.11. The van der Waals surface area contributed by atoms with Crippen LogP contribution in [0.4, 0.5) is 4.39 Å². The van der Waals surface area contributed by atoms with Crippen LogP contribution in [0.25, 0.3) is 6.08 Å². The number of hydrogen-bond donors (Lipinski definition) is 0. The van der Waals surface area contributed by atoms with Gasteiger partial charge in [0.15, 0.2) is 0 Å². The Morgan fingerprint density at radius 1 is 0.833 bits per heavy atom. The molecule has 1 heterocycles. The summed E-state index contributed by atoms with van der Waals surface area (Å²) in [6.45, 7) is 0. The van der Waals surface area contributed by atoms with E-state index in [-0.39, 0.29) is 5.69 Å². The second-order valence-electron chi connectivity index (χ2n) is 6.71. The minimum atomic E-state index is -1.05. The molecular weight excluding hydrogens is 381 g/mol. The molecule has 1 aromatic heterocycles. The molecule has 0 aliphatic carbocycles. The average molecular weight is 399 g/mol. The molecule has 0 spiro atoms. The molecule has 0 atom stereocenters. The average Bonchev–Trinajstić information content (AvgIpc) is 3.16. The maximum Gasteiger partial charge on any atom is 0.291 e. The number of aromatic nitrogens is 2. The molecule has 30 heavy (non-hydrogen) atoms. The first-order valence-electron chi connectivity index (χ1n) is 9.36. The Balaban J connectivity index is 2.08. The molecule has 3 aromatic carbocycles. The third kappa shape index (κ3) is 3.39. The lowest BCUT2D eigenvalue weighted by molar-refractivity contribution is -0.401. The van der Waals surface area contributed by atoms with Crippen molar-refractivity contribution in [3.05, 3.63) is 142 Å². The zero-order valence-electron chi connectivity index (χ0n) is 15.9. The van der Waals surface area contributed by atoms with Crippen molar-refractivity contribution < 1.29 is 9.31 Å². The van der Waals surface area contributed by atoms with Gasteiger partial charge in [-0.3, -0.25) is 14.7 Å². The topological polar surface area (TPSA) is 61.0 Å². The van der Waals surface area contributed by atoms with Gasteiger partial charge in [-0.25, -0.2) is 4.98 Å². The van der Waals surface area contributed by atoms with Crippen LogP contribution in [-0.4, -0.2) is 14.5 Å². The van der Waals surface area contributed by atoms with E-state index in [2.05, 4.69) is 4.98 Å². The summed E-state index contributed by atoms with van der Waals surface area (Å²) in [5.74, 6) is 0. The van der Waals surface area contributed by atoms with Gasteiger partial charge < -0.3 is 0 Å². The summed E-state index contributed by atoms with van der Waals surface area (Å²) in [6, 6.07) is 28.7. The van der Waals surface area contributed by atoms with E-state index in [0.717, 1.165) is 22.9 Å². The van der Waals surface area contributed by atoms with E-state index >= 15 is 4.39 Å². The lowest BCUT2D eigenvalue weighted by Crippen LogP contribution is -2.38. The Morgan fingerprint density at radius 3 is 1.67 bits per heavy atom. The van der Waals surface area contributed by atoms with Crippen LogP contribution < -0.4 is 0 Å². The number of halogens is 1. The van der Waals surface area contributed by atoms with Gasteiger partial charge in [-0.2, -0.15) is 4.39 Å². The third-order valence-electron chi connectivity index (χ3n) is 4.98. The van der Waals surface area contributed by atoms with Crippen molar-refractivity contribution in [1.29, 1.82) is 0 Å². The Bertz CT molecular complexity index is 1080. The van der Waals surface area contributed by atoms with E-state index in [1.165, 1.54) is 16.8 Å². The minimum absolute atomic E-state index is 0.163. The number of benzene rings is 3. The first-order chi connectivity index (χ1) is 14.6. The van der Waals surface area contributed by atoms with E-state index in [9.17, 15) is 10.1 Å². The van der Waals surface area contributed by atoms with Gasteiger partial charge in [0.25, 0.3) is 6.08 Å². The van der Waals surface area contributed by atoms with Gasteiger partial charge >= 0.3 is 0 Å². The summed E-state index contributed by atoms with van der Waals surface area (Å²) in [7, 11) is 0. The number of rotatable bonds is 6. The van der Waals surface area contributed by atoms with Crippen LogP contribution >= 0.6 is 0 Å². The van der Waals surface area contributed by atoms with E-state index in [1.807, 2.05) is 91.0 Å². The lowest BCUT2D eigenvalue weighted by Gasteiger charge is -2.37. The van der Waals surface area contributed by atoms with Crippen LogP contribution in [0.5, 0.6) is 0 Å². The zero-order chi connectivity index (χ0) is 21.0. The van der Waals surface area contributed by atoms with Crippen molar-refractivity contribution in [2.45, 2.75) is 5.54 Å². The molecule has 5 nitrogen and oxygen atoms in total. The van der Waals surface area contributed by atoms with Crippen molar-refractivity contribution in [3.8, 4) is 0 Å². The Hall–Kier alpha value is -4.06. The smallest absolute Gasteiger partial charge is 0.288 e. The number of imidazole rings is 1. The van der Waals surface area contributed by atoms with Crippen LogP contribution in [0.1, 0.15) is 22.4 Å². The largest absolute Gasteiger partial charge is 0.291 e. The highest BCUT2D eigenvalue weighted by Crippen LogP contribution is 2.41. The van der Waals surface area contributed by atoms with Crippen LogP contribution in [0.2, 0.25) is 0 Å². The highest BCUT2D eigenvalue weighted by molar-refractivity contribution is 5.52. The van der Waals surface area contributed by atoms with Gasteiger partial charge in [-0.15, -0.1) is 0 Å². The third-order valence-corrected chi connectivity index (χ3v) is 4.98. The van der Waals surface area contributed by atoms with E-state index in [4.69, 9.17) is 0 Å².